The number of methoxy groups -OCH3 is 1. The molecule has 0 saturated heterocycles. The number of hydrogen-bond acceptors (Lipinski definition) is 5. The van der Waals surface area contributed by atoms with Gasteiger partial charge < -0.3 is 14.5 Å². The largest absolute Gasteiger partial charge is 0.467 e. The van der Waals surface area contributed by atoms with E-state index in [1.165, 1.54) is 39.2 Å². The Balaban J connectivity index is 1.72. The summed E-state index contributed by atoms with van der Waals surface area (Å²) in [5, 5.41) is 3.11. The molecule has 1 aromatic carbocycles. The van der Waals surface area contributed by atoms with E-state index in [1.54, 1.807) is 0 Å². The highest BCUT2D eigenvalue weighted by Crippen LogP contribution is 2.29. The van der Waals surface area contributed by atoms with Gasteiger partial charge in [0, 0.05) is 0 Å². The molecule has 0 radical (unpaired) electrons. The molecule has 0 unspecified atom stereocenters. The zero-order valence-corrected chi connectivity index (χ0v) is 12.9. The number of rotatable bonds is 5. The third kappa shape index (κ3) is 3.40. The number of oxazole rings is 1. The van der Waals surface area contributed by atoms with Crippen LogP contribution in [-0.4, -0.2) is 24.1 Å². The van der Waals surface area contributed by atoms with Crippen molar-refractivity contribution < 1.29 is 13.9 Å². The molecule has 0 bridgehead atoms. The van der Waals surface area contributed by atoms with Crippen molar-refractivity contribution in [2.24, 2.45) is 5.92 Å². The molecule has 5 nitrogen and oxygen atoms in total. The predicted octanol–water partition coefficient (Wildman–Crippen LogP) is 3.75. The number of nitrogens with zero attached hydrogens (tertiary/aromatic N) is 1. The number of para-hydroxylation sites is 2. The summed E-state index contributed by atoms with van der Waals surface area (Å²) in [6.45, 7) is 0. The fourth-order valence-electron chi connectivity index (χ4n) is 3.20. The maximum atomic E-state index is 12.1. The zero-order valence-electron chi connectivity index (χ0n) is 12.9. The standard InChI is InChI=1S/C17H22N2O3/c1-21-16(20)14(11-12-7-3-2-4-8-12)19-17-18-13-9-5-6-10-15(13)22-17/h5-6,9-10,12,14H,2-4,7-8,11H2,1H3,(H,18,19)/t14-/m0/s1. The van der Waals surface area contributed by atoms with Gasteiger partial charge in [-0.25, -0.2) is 4.79 Å². The number of benzene rings is 1. The summed E-state index contributed by atoms with van der Waals surface area (Å²) < 4.78 is 10.6. The van der Waals surface area contributed by atoms with Crippen LogP contribution in [-0.2, 0) is 9.53 Å². The van der Waals surface area contributed by atoms with Crippen LogP contribution in [0.3, 0.4) is 0 Å². The van der Waals surface area contributed by atoms with Gasteiger partial charge in [-0.1, -0.05) is 44.2 Å². The highest BCUT2D eigenvalue weighted by atomic mass is 16.5. The fraction of sp³-hybridized carbons (Fsp3) is 0.529. The van der Waals surface area contributed by atoms with Crippen LogP contribution in [0.15, 0.2) is 28.7 Å². The Morgan fingerprint density at radius 2 is 2.14 bits per heavy atom. The number of ether oxygens (including phenoxy) is 1. The normalized spacial score (nSPS) is 17.3. The average Bonchev–Trinajstić information content (AvgIpc) is 2.97. The molecule has 1 aliphatic carbocycles. The molecule has 2 aromatic rings. The molecular formula is C17H22N2O3. The summed E-state index contributed by atoms with van der Waals surface area (Å²) in [6.07, 6.45) is 6.94. The second-order valence-electron chi connectivity index (χ2n) is 5.95. The molecule has 0 amide bonds. The summed E-state index contributed by atoms with van der Waals surface area (Å²) in [5.41, 5.74) is 1.50. The van der Waals surface area contributed by atoms with E-state index in [1.807, 2.05) is 24.3 Å². The number of hydrogen-bond donors (Lipinski definition) is 1. The first-order chi connectivity index (χ1) is 10.8. The quantitative estimate of drug-likeness (QED) is 0.852. The molecular weight excluding hydrogens is 280 g/mol. The van der Waals surface area contributed by atoms with Gasteiger partial charge in [0.15, 0.2) is 5.58 Å². The summed E-state index contributed by atoms with van der Waals surface area (Å²) in [7, 11) is 1.42. The number of carbonyl (C=O) groups excluding carboxylic acids is 1. The second-order valence-corrected chi connectivity index (χ2v) is 5.95. The molecule has 118 valence electrons. The summed E-state index contributed by atoms with van der Waals surface area (Å²) in [5.74, 6) is 0.308. The zero-order chi connectivity index (χ0) is 15.4. The van der Waals surface area contributed by atoms with Gasteiger partial charge in [0.25, 0.3) is 6.01 Å². The maximum absolute atomic E-state index is 12.1. The molecule has 1 aliphatic rings. The van der Waals surface area contributed by atoms with Crippen molar-refractivity contribution in [3.8, 4) is 0 Å². The van der Waals surface area contributed by atoms with Crippen molar-refractivity contribution in [3.63, 3.8) is 0 Å². The predicted molar refractivity (Wildman–Crippen MR) is 84.6 cm³/mol. The molecule has 22 heavy (non-hydrogen) atoms. The van der Waals surface area contributed by atoms with Crippen LogP contribution < -0.4 is 5.32 Å². The van der Waals surface area contributed by atoms with E-state index in [2.05, 4.69) is 10.3 Å². The monoisotopic (exact) mass is 302 g/mol. The van der Waals surface area contributed by atoms with Crippen molar-refractivity contribution in [2.45, 2.75) is 44.6 Å². The van der Waals surface area contributed by atoms with Crippen LogP contribution in [0.1, 0.15) is 38.5 Å². The van der Waals surface area contributed by atoms with Crippen LogP contribution in [0, 0.1) is 5.92 Å². The molecule has 3 rings (SSSR count). The van der Waals surface area contributed by atoms with Crippen LogP contribution in [0.4, 0.5) is 6.01 Å². The Morgan fingerprint density at radius 3 is 2.86 bits per heavy atom. The molecule has 1 saturated carbocycles. The van der Waals surface area contributed by atoms with Crippen molar-refractivity contribution in [1.82, 2.24) is 4.98 Å². The Labute approximate surface area is 130 Å². The van der Waals surface area contributed by atoms with Crippen molar-refractivity contribution >= 4 is 23.1 Å². The first-order valence-corrected chi connectivity index (χ1v) is 7.96. The van der Waals surface area contributed by atoms with Gasteiger partial charge in [0.05, 0.1) is 7.11 Å². The number of aromatic nitrogens is 1. The van der Waals surface area contributed by atoms with E-state index in [9.17, 15) is 4.79 Å². The van der Waals surface area contributed by atoms with E-state index in [-0.39, 0.29) is 5.97 Å². The average molecular weight is 302 g/mol. The van der Waals surface area contributed by atoms with Gasteiger partial charge in [-0.15, -0.1) is 0 Å². The summed E-state index contributed by atoms with van der Waals surface area (Å²) >= 11 is 0. The van der Waals surface area contributed by atoms with E-state index in [0.717, 1.165) is 11.9 Å². The van der Waals surface area contributed by atoms with Crippen molar-refractivity contribution in [2.75, 3.05) is 12.4 Å². The van der Waals surface area contributed by atoms with E-state index < -0.39 is 6.04 Å². The molecule has 5 heteroatoms. The van der Waals surface area contributed by atoms with Crippen LogP contribution in [0.25, 0.3) is 11.1 Å². The Kier molecular flexibility index (Phi) is 4.61. The number of anilines is 1. The Hall–Kier alpha value is -2.04. The summed E-state index contributed by atoms with van der Waals surface area (Å²) in [6, 6.07) is 7.54. The number of nitrogens with one attached hydrogen (secondary N) is 1. The lowest BCUT2D eigenvalue weighted by Gasteiger charge is -2.25. The summed E-state index contributed by atoms with van der Waals surface area (Å²) in [4.78, 5) is 16.4. The second kappa shape index (κ2) is 6.81. The molecule has 1 heterocycles. The molecule has 0 aliphatic heterocycles. The van der Waals surface area contributed by atoms with E-state index in [0.29, 0.717) is 17.5 Å². The molecule has 1 aromatic heterocycles. The van der Waals surface area contributed by atoms with Gasteiger partial charge in [-0.05, 0) is 24.5 Å². The molecule has 1 atom stereocenters. The number of fused-ring (bicyclic) bond motifs is 1. The molecule has 1 N–H and O–H groups in total. The lowest BCUT2D eigenvalue weighted by Crippen LogP contribution is -2.33. The molecule has 1 fully saturated rings. The highest BCUT2D eigenvalue weighted by molar-refractivity contribution is 5.79. The lowest BCUT2D eigenvalue weighted by molar-refractivity contribution is -0.142. The first kappa shape index (κ1) is 14.9. The lowest BCUT2D eigenvalue weighted by atomic mass is 9.85. The van der Waals surface area contributed by atoms with Crippen molar-refractivity contribution in [3.05, 3.63) is 24.3 Å². The number of esters is 1. The van der Waals surface area contributed by atoms with Gasteiger partial charge >= 0.3 is 5.97 Å². The van der Waals surface area contributed by atoms with Crippen LogP contribution in [0.2, 0.25) is 0 Å². The van der Waals surface area contributed by atoms with E-state index >= 15 is 0 Å². The highest BCUT2D eigenvalue weighted by Gasteiger charge is 2.26. The fourth-order valence-corrected chi connectivity index (χ4v) is 3.20. The topological polar surface area (TPSA) is 64.4 Å². The van der Waals surface area contributed by atoms with Crippen molar-refractivity contribution in [1.29, 1.82) is 0 Å². The smallest absolute Gasteiger partial charge is 0.328 e. The maximum Gasteiger partial charge on any atom is 0.328 e. The van der Waals surface area contributed by atoms with Gasteiger partial charge in [0.2, 0.25) is 0 Å². The van der Waals surface area contributed by atoms with Gasteiger partial charge in [-0.2, -0.15) is 4.98 Å². The van der Waals surface area contributed by atoms with Crippen LogP contribution in [0.5, 0.6) is 0 Å². The van der Waals surface area contributed by atoms with Gasteiger partial charge in [0.1, 0.15) is 11.6 Å². The minimum Gasteiger partial charge on any atom is -0.467 e. The SMILES string of the molecule is COC(=O)[C@H](CC1CCCCC1)Nc1nc2ccccc2o1. The van der Waals surface area contributed by atoms with Gasteiger partial charge in [-0.3, -0.25) is 0 Å². The Morgan fingerprint density at radius 1 is 1.36 bits per heavy atom. The minimum atomic E-state index is -0.402. The van der Waals surface area contributed by atoms with Crippen LogP contribution >= 0.6 is 0 Å². The Bertz CT molecular complexity index is 599. The third-order valence-corrected chi connectivity index (χ3v) is 4.37. The minimum absolute atomic E-state index is 0.257. The molecule has 0 spiro atoms. The third-order valence-electron chi connectivity index (χ3n) is 4.37. The first-order valence-electron chi connectivity index (χ1n) is 7.96. The number of carbonyl (C=O) groups is 1. The van der Waals surface area contributed by atoms with E-state index in [4.69, 9.17) is 9.15 Å².